The van der Waals surface area contributed by atoms with Gasteiger partial charge in [0.1, 0.15) is 11.9 Å². The number of nitriles is 1. The summed E-state index contributed by atoms with van der Waals surface area (Å²) >= 11 is 0. The first-order valence-electron chi connectivity index (χ1n) is 9.03. The molecule has 1 unspecified atom stereocenters. The van der Waals surface area contributed by atoms with E-state index in [9.17, 15) is 4.79 Å². The lowest BCUT2D eigenvalue weighted by Crippen LogP contribution is -2.58. The van der Waals surface area contributed by atoms with Crippen molar-refractivity contribution >= 4 is 17.4 Å². The molecule has 1 spiro atoms. The Hall–Kier alpha value is -2.69. The van der Waals surface area contributed by atoms with Gasteiger partial charge in [0.2, 0.25) is 6.10 Å². The Balaban J connectivity index is 1.14. The molecule has 0 aromatic carbocycles. The van der Waals surface area contributed by atoms with Crippen molar-refractivity contribution in [1.82, 2.24) is 15.5 Å². The van der Waals surface area contributed by atoms with Gasteiger partial charge in [-0.15, -0.1) is 10.2 Å². The summed E-state index contributed by atoms with van der Waals surface area (Å²) in [5, 5.41) is 26.7. The number of carbonyl (C=O) groups is 1. The molecule has 4 rings (SSSR count). The summed E-state index contributed by atoms with van der Waals surface area (Å²) in [4.78, 5) is 17.3. The summed E-state index contributed by atoms with van der Waals surface area (Å²) < 4.78 is 0. The number of hydrogen-bond acceptors (Lipinski definition) is 7. The van der Waals surface area contributed by atoms with Crippen LogP contribution in [-0.2, 0) is 9.63 Å². The molecule has 3 aliphatic rings. The Morgan fingerprint density at radius 3 is 2.77 bits per heavy atom. The molecule has 1 atom stereocenters. The van der Waals surface area contributed by atoms with Gasteiger partial charge in [-0.05, 0) is 56.1 Å². The maximum atomic E-state index is 12.1. The van der Waals surface area contributed by atoms with E-state index < -0.39 is 6.10 Å². The van der Waals surface area contributed by atoms with Crippen LogP contribution in [0.25, 0.3) is 0 Å². The first-order valence-corrected chi connectivity index (χ1v) is 9.03. The molecule has 2 aliphatic carbocycles. The molecule has 8 nitrogen and oxygen atoms in total. The molecule has 1 amide bonds. The van der Waals surface area contributed by atoms with Crippen LogP contribution in [0, 0.1) is 22.7 Å². The molecule has 0 saturated heterocycles. The van der Waals surface area contributed by atoms with Crippen LogP contribution in [0.3, 0.4) is 0 Å². The first-order chi connectivity index (χ1) is 12.5. The van der Waals surface area contributed by atoms with Gasteiger partial charge in [0.05, 0.1) is 5.71 Å². The van der Waals surface area contributed by atoms with Gasteiger partial charge in [0, 0.05) is 19.0 Å². The van der Waals surface area contributed by atoms with E-state index in [0.717, 1.165) is 25.1 Å². The third-order valence-electron chi connectivity index (χ3n) is 5.61. The molecular formula is C18H22N6O2. The van der Waals surface area contributed by atoms with E-state index in [1.165, 1.54) is 12.8 Å². The van der Waals surface area contributed by atoms with Gasteiger partial charge in [-0.2, -0.15) is 5.26 Å². The van der Waals surface area contributed by atoms with E-state index >= 15 is 0 Å². The number of carbonyl (C=O) groups excluding carboxylic acids is 1. The van der Waals surface area contributed by atoms with Gasteiger partial charge in [-0.25, -0.2) is 0 Å². The SMILES string of the molecule is CC1=NOC(C(=O)NC2CC3(CC(CNc4ccc(C#N)nn4)C3)C2)C1. The Bertz CT molecular complexity index is 755. The van der Waals surface area contributed by atoms with Crippen molar-refractivity contribution in [3.05, 3.63) is 17.8 Å². The van der Waals surface area contributed by atoms with Gasteiger partial charge in [0.25, 0.3) is 5.91 Å². The minimum Gasteiger partial charge on any atom is -0.382 e. The lowest BCUT2D eigenvalue weighted by Gasteiger charge is -2.58. The van der Waals surface area contributed by atoms with E-state index in [0.29, 0.717) is 29.3 Å². The molecule has 2 fully saturated rings. The molecule has 1 aliphatic heterocycles. The maximum Gasteiger partial charge on any atom is 0.264 e. The number of anilines is 1. The summed E-state index contributed by atoms with van der Waals surface area (Å²) in [6, 6.07) is 5.68. The smallest absolute Gasteiger partial charge is 0.264 e. The highest BCUT2D eigenvalue weighted by Gasteiger charge is 2.53. The largest absolute Gasteiger partial charge is 0.382 e. The molecule has 8 heteroatoms. The van der Waals surface area contributed by atoms with E-state index in [-0.39, 0.29) is 11.9 Å². The highest BCUT2D eigenvalue weighted by atomic mass is 16.6. The second kappa shape index (κ2) is 6.56. The second-order valence-corrected chi connectivity index (χ2v) is 7.81. The Morgan fingerprint density at radius 2 is 2.15 bits per heavy atom. The van der Waals surface area contributed by atoms with Crippen molar-refractivity contribution in [3.63, 3.8) is 0 Å². The van der Waals surface area contributed by atoms with Crippen molar-refractivity contribution in [1.29, 1.82) is 5.26 Å². The molecular weight excluding hydrogens is 332 g/mol. The molecule has 1 aromatic heterocycles. The molecule has 0 bridgehead atoms. The van der Waals surface area contributed by atoms with E-state index in [2.05, 4.69) is 26.0 Å². The van der Waals surface area contributed by atoms with E-state index in [4.69, 9.17) is 10.1 Å². The predicted octanol–water partition coefficient (Wildman–Crippen LogP) is 1.60. The molecule has 2 N–H and O–H groups in total. The molecule has 0 radical (unpaired) electrons. The van der Waals surface area contributed by atoms with Crippen LogP contribution in [0.2, 0.25) is 0 Å². The van der Waals surface area contributed by atoms with Crippen LogP contribution in [0.5, 0.6) is 0 Å². The van der Waals surface area contributed by atoms with Crippen LogP contribution in [-0.4, -0.2) is 40.5 Å². The zero-order valence-electron chi connectivity index (χ0n) is 14.7. The molecule has 2 heterocycles. The molecule has 136 valence electrons. The zero-order valence-corrected chi connectivity index (χ0v) is 14.7. The summed E-state index contributed by atoms with van der Waals surface area (Å²) in [6.07, 6.45) is 4.61. The monoisotopic (exact) mass is 354 g/mol. The van der Waals surface area contributed by atoms with Gasteiger partial charge >= 0.3 is 0 Å². The first kappa shape index (κ1) is 16.8. The van der Waals surface area contributed by atoms with Crippen LogP contribution in [0.1, 0.15) is 44.7 Å². The fourth-order valence-electron chi connectivity index (χ4n) is 4.40. The Kier molecular flexibility index (Phi) is 4.23. The van der Waals surface area contributed by atoms with Gasteiger partial charge in [-0.3, -0.25) is 4.79 Å². The van der Waals surface area contributed by atoms with Gasteiger partial charge < -0.3 is 15.5 Å². The van der Waals surface area contributed by atoms with Crippen LogP contribution >= 0.6 is 0 Å². The van der Waals surface area contributed by atoms with E-state index in [1.807, 2.05) is 13.0 Å². The van der Waals surface area contributed by atoms with Crippen molar-refractivity contribution in [3.8, 4) is 6.07 Å². The molecule has 2 saturated carbocycles. The standard InChI is InChI=1S/C18H22N6O2/c1-11-4-15(26-24-11)17(25)21-14-7-18(8-14)5-12(6-18)10-20-16-3-2-13(9-19)22-23-16/h2-3,12,14-15H,4-8,10H2,1H3,(H,20,23)(H,21,25). The number of amides is 1. The number of nitrogens with zero attached hydrogens (tertiary/aromatic N) is 4. The second-order valence-electron chi connectivity index (χ2n) is 7.81. The number of oxime groups is 1. The highest BCUT2D eigenvalue weighted by molar-refractivity contribution is 5.91. The topological polar surface area (TPSA) is 112 Å². The maximum absolute atomic E-state index is 12.1. The van der Waals surface area contributed by atoms with Crippen LogP contribution in [0.4, 0.5) is 5.82 Å². The van der Waals surface area contributed by atoms with Crippen molar-refractivity contribution < 1.29 is 9.63 Å². The normalized spacial score (nSPS) is 31.8. The Labute approximate surface area is 152 Å². The lowest BCUT2D eigenvalue weighted by atomic mass is 9.50. The number of rotatable bonds is 5. The summed E-state index contributed by atoms with van der Waals surface area (Å²) in [6.45, 7) is 2.74. The quantitative estimate of drug-likeness (QED) is 0.830. The third kappa shape index (κ3) is 3.34. The molecule has 26 heavy (non-hydrogen) atoms. The minimum atomic E-state index is -0.446. The summed E-state index contributed by atoms with van der Waals surface area (Å²) in [5.41, 5.74) is 1.60. The van der Waals surface area contributed by atoms with Crippen molar-refractivity contribution in [2.24, 2.45) is 16.5 Å². The fourth-order valence-corrected chi connectivity index (χ4v) is 4.40. The number of hydrogen-bond donors (Lipinski definition) is 2. The Morgan fingerprint density at radius 1 is 1.35 bits per heavy atom. The minimum absolute atomic E-state index is 0.0395. The average Bonchev–Trinajstić information content (AvgIpc) is 3.01. The number of aromatic nitrogens is 2. The van der Waals surface area contributed by atoms with Crippen molar-refractivity contribution in [2.75, 3.05) is 11.9 Å². The molecule has 1 aromatic rings. The van der Waals surface area contributed by atoms with E-state index in [1.54, 1.807) is 12.1 Å². The van der Waals surface area contributed by atoms with Crippen LogP contribution < -0.4 is 10.6 Å². The predicted molar refractivity (Wildman–Crippen MR) is 94.2 cm³/mol. The summed E-state index contributed by atoms with van der Waals surface area (Å²) in [5.74, 6) is 1.29. The lowest BCUT2D eigenvalue weighted by molar-refractivity contribution is -0.135. The highest BCUT2D eigenvalue weighted by Crippen LogP contribution is 2.58. The van der Waals surface area contributed by atoms with Gasteiger partial charge in [-0.1, -0.05) is 5.16 Å². The van der Waals surface area contributed by atoms with Crippen molar-refractivity contribution in [2.45, 2.75) is 51.2 Å². The average molecular weight is 354 g/mol. The fraction of sp³-hybridized carbons (Fsp3) is 0.611. The summed E-state index contributed by atoms with van der Waals surface area (Å²) in [7, 11) is 0. The third-order valence-corrected chi connectivity index (χ3v) is 5.61. The zero-order chi connectivity index (χ0) is 18.1. The van der Waals surface area contributed by atoms with Crippen LogP contribution in [0.15, 0.2) is 17.3 Å². The number of nitrogens with one attached hydrogen (secondary N) is 2. The van der Waals surface area contributed by atoms with Gasteiger partial charge in [0.15, 0.2) is 5.69 Å².